The molecular formula is C22H26N2O5. The molecule has 1 atom stereocenters. The fourth-order valence-corrected chi connectivity index (χ4v) is 4.17. The van der Waals surface area contributed by atoms with Crippen molar-refractivity contribution in [2.45, 2.75) is 38.5 Å². The number of hydrogen-bond acceptors (Lipinski definition) is 6. The number of rotatable bonds is 4. The van der Waals surface area contributed by atoms with Crippen LogP contribution in [-0.4, -0.2) is 46.8 Å². The third kappa shape index (κ3) is 3.63. The van der Waals surface area contributed by atoms with Crippen molar-refractivity contribution in [2.24, 2.45) is 0 Å². The van der Waals surface area contributed by atoms with E-state index in [0.717, 1.165) is 17.7 Å². The second-order valence-electron chi connectivity index (χ2n) is 8.24. The van der Waals surface area contributed by atoms with Crippen molar-refractivity contribution >= 4 is 11.6 Å². The van der Waals surface area contributed by atoms with E-state index in [1.165, 1.54) is 6.07 Å². The van der Waals surface area contributed by atoms with Gasteiger partial charge in [-0.25, -0.2) is 0 Å². The van der Waals surface area contributed by atoms with Gasteiger partial charge in [-0.1, -0.05) is 12.1 Å². The number of nitrogens with zero attached hydrogens (tertiary/aromatic N) is 1. The van der Waals surface area contributed by atoms with Crippen LogP contribution in [0.2, 0.25) is 0 Å². The molecule has 7 nitrogen and oxygen atoms in total. The molecule has 0 aromatic heterocycles. The first kappa shape index (κ1) is 19.5. The topological polar surface area (TPSA) is 91.3 Å². The van der Waals surface area contributed by atoms with Gasteiger partial charge in [0.2, 0.25) is 0 Å². The average molecular weight is 398 g/mol. The number of methoxy groups -OCH3 is 1. The summed E-state index contributed by atoms with van der Waals surface area (Å²) in [6.07, 6.45) is -0.0538. The van der Waals surface area contributed by atoms with Gasteiger partial charge in [-0.2, -0.15) is 0 Å². The van der Waals surface area contributed by atoms with Gasteiger partial charge < -0.3 is 25.0 Å². The van der Waals surface area contributed by atoms with Gasteiger partial charge in [-0.05, 0) is 38.0 Å². The third-order valence-corrected chi connectivity index (χ3v) is 5.75. The Balaban J connectivity index is 1.61. The lowest BCUT2D eigenvalue weighted by Crippen LogP contribution is -2.49. The number of phenols is 1. The van der Waals surface area contributed by atoms with E-state index in [0.29, 0.717) is 35.7 Å². The van der Waals surface area contributed by atoms with Crippen LogP contribution >= 0.6 is 0 Å². The Morgan fingerprint density at radius 1 is 1.31 bits per heavy atom. The number of ether oxygens (including phenoxy) is 2. The summed E-state index contributed by atoms with van der Waals surface area (Å²) in [4.78, 5) is 13.8. The highest BCUT2D eigenvalue weighted by molar-refractivity contribution is 5.96. The summed E-state index contributed by atoms with van der Waals surface area (Å²) in [5.74, 6) is 1.05. The Labute approximate surface area is 169 Å². The van der Waals surface area contributed by atoms with Crippen molar-refractivity contribution in [3.05, 3.63) is 47.0 Å². The van der Waals surface area contributed by atoms with Crippen LogP contribution in [0.3, 0.4) is 0 Å². The molecule has 2 aromatic rings. The summed E-state index contributed by atoms with van der Waals surface area (Å²) >= 11 is 0. The molecule has 0 unspecified atom stereocenters. The highest BCUT2D eigenvalue weighted by Gasteiger charge is 2.38. The standard InChI is InChI=1S/C22H26N2O5/c1-22(2,9-13-4-6-14(28-3)7-5-13)24-10-15-17(25)8-16-21(20(15)18(26)11-24)29-12-19(27)23-16/h4-8,18,25-26H,9-12H2,1-3H3,(H,23,27)/t18-/m0/s1. The van der Waals surface area contributed by atoms with E-state index in [4.69, 9.17) is 9.47 Å². The molecule has 2 aliphatic heterocycles. The molecular weight excluding hydrogens is 372 g/mol. The summed E-state index contributed by atoms with van der Waals surface area (Å²) in [6.45, 7) is 5.04. The number of anilines is 1. The number of fused-ring (bicyclic) bond motifs is 3. The van der Waals surface area contributed by atoms with E-state index >= 15 is 0 Å². The smallest absolute Gasteiger partial charge is 0.262 e. The molecule has 2 aromatic carbocycles. The minimum atomic E-state index is -0.829. The van der Waals surface area contributed by atoms with E-state index in [1.807, 2.05) is 24.3 Å². The Bertz CT molecular complexity index is 939. The number of phenolic OH excluding ortho intramolecular Hbond substituents is 1. The Kier molecular flexibility index (Phi) is 4.88. The van der Waals surface area contributed by atoms with Crippen LogP contribution in [0, 0.1) is 0 Å². The highest BCUT2D eigenvalue weighted by Crippen LogP contribution is 2.46. The second kappa shape index (κ2) is 7.24. The maximum Gasteiger partial charge on any atom is 0.262 e. The van der Waals surface area contributed by atoms with Crippen molar-refractivity contribution in [1.82, 2.24) is 4.90 Å². The first-order chi connectivity index (χ1) is 13.8. The quantitative estimate of drug-likeness (QED) is 0.733. The van der Waals surface area contributed by atoms with E-state index in [9.17, 15) is 15.0 Å². The Hall–Kier alpha value is -2.77. The van der Waals surface area contributed by atoms with Gasteiger partial charge in [-0.15, -0.1) is 0 Å². The van der Waals surface area contributed by atoms with Crippen molar-refractivity contribution in [3.8, 4) is 17.2 Å². The average Bonchev–Trinajstić information content (AvgIpc) is 2.68. The predicted molar refractivity (Wildman–Crippen MR) is 108 cm³/mol. The molecule has 4 rings (SSSR count). The molecule has 2 heterocycles. The van der Waals surface area contributed by atoms with Crippen molar-refractivity contribution in [1.29, 1.82) is 0 Å². The summed E-state index contributed by atoms with van der Waals surface area (Å²) in [7, 11) is 1.64. The van der Waals surface area contributed by atoms with E-state index < -0.39 is 6.10 Å². The zero-order valence-electron chi connectivity index (χ0n) is 16.9. The molecule has 2 aliphatic rings. The molecule has 0 saturated heterocycles. The summed E-state index contributed by atoms with van der Waals surface area (Å²) < 4.78 is 10.8. The van der Waals surface area contributed by atoms with Crippen LogP contribution in [-0.2, 0) is 17.8 Å². The summed E-state index contributed by atoms with van der Waals surface area (Å²) in [6, 6.07) is 9.46. The van der Waals surface area contributed by atoms with E-state index in [-0.39, 0.29) is 23.8 Å². The Morgan fingerprint density at radius 2 is 2.03 bits per heavy atom. The normalized spacial score (nSPS) is 19.0. The maximum absolute atomic E-state index is 11.6. The first-order valence-corrected chi connectivity index (χ1v) is 9.66. The maximum atomic E-state index is 11.6. The molecule has 0 saturated carbocycles. The number of amides is 1. The molecule has 0 spiro atoms. The number of aromatic hydroxyl groups is 1. The molecule has 0 radical (unpaired) electrons. The van der Waals surface area contributed by atoms with Crippen LogP contribution in [0.15, 0.2) is 30.3 Å². The SMILES string of the molecule is COc1ccc(CC(C)(C)N2Cc3c(O)cc4c(c3[C@@H](O)C2)OCC(=O)N4)cc1. The van der Waals surface area contributed by atoms with Crippen LogP contribution in [0.1, 0.15) is 36.6 Å². The van der Waals surface area contributed by atoms with Gasteiger partial charge in [0.15, 0.2) is 6.61 Å². The zero-order valence-corrected chi connectivity index (χ0v) is 16.9. The van der Waals surface area contributed by atoms with E-state index in [2.05, 4.69) is 24.1 Å². The molecule has 29 heavy (non-hydrogen) atoms. The van der Waals surface area contributed by atoms with Crippen LogP contribution < -0.4 is 14.8 Å². The summed E-state index contributed by atoms with van der Waals surface area (Å²) in [5.41, 5.74) is 2.52. The lowest BCUT2D eigenvalue weighted by Gasteiger charge is -2.44. The lowest BCUT2D eigenvalue weighted by atomic mass is 9.87. The van der Waals surface area contributed by atoms with Crippen molar-refractivity contribution < 1.29 is 24.5 Å². The van der Waals surface area contributed by atoms with Crippen molar-refractivity contribution in [3.63, 3.8) is 0 Å². The number of carbonyl (C=O) groups excluding carboxylic acids is 1. The highest BCUT2D eigenvalue weighted by atomic mass is 16.5. The molecule has 3 N–H and O–H groups in total. The van der Waals surface area contributed by atoms with Crippen LogP contribution in [0.25, 0.3) is 0 Å². The van der Waals surface area contributed by atoms with Gasteiger partial charge in [0, 0.05) is 35.8 Å². The van der Waals surface area contributed by atoms with Gasteiger partial charge in [0.1, 0.15) is 17.2 Å². The second-order valence-corrected chi connectivity index (χ2v) is 8.24. The first-order valence-electron chi connectivity index (χ1n) is 9.66. The fraction of sp³-hybridized carbons (Fsp3) is 0.409. The molecule has 0 bridgehead atoms. The third-order valence-electron chi connectivity index (χ3n) is 5.75. The largest absolute Gasteiger partial charge is 0.508 e. The molecule has 154 valence electrons. The lowest BCUT2D eigenvalue weighted by molar-refractivity contribution is -0.118. The number of aliphatic hydroxyl groups excluding tert-OH is 1. The van der Waals surface area contributed by atoms with E-state index in [1.54, 1.807) is 7.11 Å². The van der Waals surface area contributed by atoms with Gasteiger partial charge >= 0.3 is 0 Å². The van der Waals surface area contributed by atoms with Gasteiger partial charge in [-0.3, -0.25) is 9.69 Å². The number of β-amino-alcohol motifs (C(OH)–C–C–N with tert-alkyl or cyclic N) is 1. The summed E-state index contributed by atoms with van der Waals surface area (Å²) in [5, 5.41) is 24.2. The van der Waals surface area contributed by atoms with Gasteiger partial charge in [0.05, 0.1) is 18.9 Å². The molecule has 7 heteroatoms. The molecule has 0 fully saturated rings. The minimum Gasteiger partial charge on any atom is -0.508 e. The number of hydrogen-bond donors (Lipinski definition) is 3. The monoisotopic (exact) mass is 398 g/mol. The molecule has 0 aliphatic carbocycles. The number of nitrogens with one attached hydrogen (secondary N) is 1. The van der Waals surface area contributed by atoms with Crippen LogP contribution in [0.4, 0.5) is 5.69 Å². The zero-order chi connectivity index (χ0) is 20.8. The predicted octanol–water partition coefficient (Wildman–Crippen LogP) is 2.60. The fourth-order valence-electron chi connectivity index (χ4n) is 4.17. The number of carbonyl (C=O) groups is 1. The Morgan fingerprint density at radius 3 is 2.72 bits per heavy atom. The number of aliphatic hydroxyl groups is 1. The minimum absolute atomic E-state index is 0.0496. The van der Waals surface area contributed by atoms with Gasteiger partial charge in [0.25, 0.3) is 5.91 Å². The molecule has 1 amide bonds. The van der Waals surface area contributed by atoms with Crippen molar-refractivity contribution in [2.75, 3.05) is 25.6 Å². The number of benzene rings is 2. The van der Waals surface area contributed by atoms with Crippen LogP contribution in [0.5, 0.6) is 17.2 Å².